The van der Waals surface area contributed by atoms with Crippen molar-refractivity contribution >= 4 is 45.7 Å². The van der Waals surface area contributed by atoms with Crippen molar-refractivity contribution in [2.75, 3.05) is 11.5 Å². The number of amides is 1. The van der Waals surface area contributed by atoms with E-state index in [9.17, 15) is 19.1 Å². The van der Waals surface area contributed by atoms with Gasteiger partial charge in [0.25, 0.3) is 5.78 Å². The number of nitrogens with zero attached hydrogens (tertiary/aromatic N) is 3. The van der Waals surface area contributed by atoms with Crippen LogP contribution in [-0.2, 0) is 21.9 Å². The number of carbonyl (C=O) groups excluding carboxylic acids is 2. The first-order valence-electron chi connectivity index (χ1n) is 15.8. The molecule has 1 aliphatic heterocycles. The van der Waals surface area contributed by atoms with Crippen molar-refractivity contribution in [3.8, 4) is 11.5 Å². The summed E-state index contributed by atoms with van der Waals surface area (Å²) in [6.07, 6.45) is 1.91. The molecule has 1 amide bonds. The SMILES string of the molecule is CCCCOc1ccc(C2C(=C(O)c3ccc(OCc4ccccc4C)cc3)C(=O)C(=O)N2c2nnc(SCc3ccc(F)cc3)s2)cc1. The molecule has 0 radical (unpaired) electrons. The number of aliphatic hydroxyl groups excluding tert-OH is 1. The highest BCUT2D eigenvalue weighted by atomic mass is 32.2. The summed E-state index contributed by atoms with van der Waals surface area (Å²) in [5, 5.41) is 20.4. The Bertz CT molecular complexity index is 1960. The molecule has 1 atom stereocenters. The smallest absolute Gasteiger partial charge is 0.301 e. The van der Waals surface area contributed by atoms with Gasteiger partial charge in [0.15, 0.2) is 4.34 Å². The number of aliphatic hydroxyl groups is 1. The molecule has 5 aromatic rings. The quantitative estimate of drug-likeness (QED) is 0.0326. The number of carbonyl (C=O) groups is 2. The fourth-order valence-corrected chi connectivity index (χ4v) is 7.13. The summed E-state index contributed by atoms with van der Waals surface area (Å²) < 4.78 is 25.7. The van der Waals surface area contributed by atoms with Crippen LogP contribution in [0.5, 0.6) is 11.5 Å². The number of hydrogen-bond donors (Lipinski definition) is 1. The Labute approximate surface area is 292 Å². The van der Waals surface area contributed by atoms with Crippen molar-refractivity contribution in [1.29, 1.82) is 0 Å². The van der Waals surface area contributed by atoms with E-state index in [1.54, 1.807) is 60.7 Å². The van der Waals surface area contributed by atoms with Gasteiger partial charge in [-0.3, -0.25) is 14.5 Å². The third-order valence-corrected chi connectivity index (χ3v) is 10.2. The number of unbranched alkanes of at least 4 members (excludes halogenated alkanes) is 1. The molecule has 49 heavy (non-hydrogen) atoms. The highest BCUT2D eigenvalue weighted by Gasteiger charge is 2.48. The summed E-state index contributed by atoms with van der Waals surface area (Å²) in [4.78, 5) is 28.7. The van der Waals surface area contributed by atoms with Gasteiger partial charge in [0.05, 0.1) is 18.2 Å². The van der Waals surface area contributed by atoms with E-state index in [1.165, 1.54) is 28.8 Å². The molecule has 0 aliphatic carbocycles. The molecular weight excluding hydrogens is 662 g/mol. The summed E-state index contributed by atoms with van der Waals surface area (Å²) in [7, 11) is 0. The van der Waals surface area contributed by atoms with Gasteiger partial charge in [0, 0.05) is 11.3 Å². The Morgan fingerprint density at radius 2 is 1.61 bits per heavy atom. The zero-order valence-electron chi connectivity index (χ0n) is 27.0. The van der Waals surface area contributed by atoms with E-state index in [4.69, 9.17) is 9.47 Å². The van der Waals surface area contributed by atoms with E-state index >= 15 is 0 Å². The van der Waals surface area contributed by atoms with Crippen LogP contribution in [0.15, 0.2) is 107 Å². The molecule has 4 aromatic carbocycles. The lowest BCUT2D eigenvalue weighted by Crippen LogP contribution is -2.29. The number of halogens is 1. The number of hydrogen-bond acceptors (Lipinski definition) is 9. The molecule has 1 aliphatic rings. The number of aryl methyl sites for hydroxylation is 1. The predicted molar refractivity (Wildman–Crippen MR) is 189 cm³/mol. The summed E-state index contributed by atoms with van der Waals surface area (Å²) >= 11 is 2.55. The normalized spacial score (nSPS) is 15.5. The summed E-state index contributed by atoms with van der Waals surface area (Å²) in [5.74, 6) is -0.511. The second kappa shape index (κ2) is 15.5. The largest absolute Gasteiger partial charge is 0.507 e. The van der Waals surface area contributed by atoms with Crippen molar-refractivity contribution in [2.24, 2.45) is 0 Å². The standard InChI is InChI=1S/C38H34FN3O5S2/c1-3-4-21-46-30-17-11-26(12-18-30)33-32(34(43)27-13-19-31(20-14-27)47-22-28-8-6-5-7-24(28)2)35(44)36(45)42(33)37-40-41-38(49-37)48-23-25-9-15-29(39)16-10-25/h5-20,33,43H,3-4,21-23H2,1-2H3. The first-order valence-corrected chi connectivity index (χ1v) is 17.6. The summed E-state index contributed by atoms with van der Waals surface area (Å²) in [6.45, 7) is 5.06. The number of thioether (sulfide) groups is 1. The van der Waals surface area contributed by atoms with Crippen LogP contribution in [-0.4, -0.2) is 33.6 Å². The van der Waals surface area contributed by atoms with Crippen LogP contribution < -0.4 is 14.4 Å². The fourth-order valence-electron chi connectivity index (χ4n) is 5.31. The maximum Gasteiger partial charge on any atom is 0.301 e. The summed E-state index contributed by atoms with van der Waals surface area (Å²) in [5.41, 5.74) is 3.97. The van der Waals surface area contributed by atoms with E-state index in [0.717, 1.165) is 40.9 Å². The number of Topliss-reactive ketones (excluding diaryl/α,β-unsaturated/α-hetero) is 1. The van der Waals surface area contributed by atoms with E-state index in [0.29, 0.717) is 45.9 Å². The molecule has 8 nitrogen and oxygen atoms in total. The number of ketones is 1. The highest BCUT2D eigenvalue weighted by molar-refractivity contribution is 8.00. The molecule has 1 saturated heterocycles. The van der Waals surface area contributed by atoms with Crippen molar-refractivity contribution in [3.05, 3.63) is 136 Å². The molecule has 1 N–H and O–H groups in total. The number of benzene rings is 4. The zero-order valence-corrected chi connectivity index (χ0v) is 28.6. The fraction of sp³-hybridized carbons (Fsp3) is 0.211. The first-order chi connectivity index (χ1) is 23.8. The second-order valence-corrected chi connectivity index (χ2v) is 13.6. The van der Waals surface area contributed by atoms with Crippen LogP contribution in [0.1, 0.15) is 53.6 Å². The van der Waals surface area contributed by atoms with Crippen molar-refractivity contribution in [1.82, 2.24) is 10.2 Å². The van der Waals surface area contributed by atoms with Crippen LogP contribution >= 0.6 is 23.1 Å². The molecule has 250 valence electrons. The Morgan fingerprint density at radius 3 is 2.33 bits per heavy atom. The molecular formula is C38H34FN3O5S2. The molecule has 0 bridgehead atoms. The minimum Gasteiger partial charge on any atom is -0.507 e. The van der Waals surface area contributed by atoms with Gasteiger partial charge in [-0.05, 0) is 84.1 Å². The van der Waals surface area contributed by atoms with E-state index in [-0.39, 0.29) is 22.3 Å². The van der Waals surface area contributed by atoms with Crippen LogP contribution in [0.3, 0.4) is 0 Å². The Kier molecular flexibility index (Phi) is 10.7. The lowest BCUT2D eigenvalue weighted by molar-refractivity contribution is -0.132. The molecule has 1 unspecified atom stereocenters. The van der Waals surface area contributed by atoms with E-state index in [1.807, 2.05) is 31.2 Å². The minimum atomic E-state index is -0.968. The van der Waals surface area contributed by atoms with Gasteiger partial charge < -0.3 is 14.6 Å². The molecule has 1 fully saturated rings. The molecule has 11 heteroatoms. The van der Waals surface area contributed by atoms with Gasteiger partial charge in [0.1, 0.15) is 29.7 Å². The van der Waals surface area contributed by atoms with Crippen LogP contribution in [0.25, 0.3) is 5.76 Å². The van der Waals surface area contributed by atoms with Gasteiger partial charge in [-0.15, -0.1) is 10.2 Å². The van der Waals surface area contributed by atoms with Crippen molar-refractivity contribution < 1.29 is 28.6 Å². The third kappa shape index (κ3) is 7.84. The van der Waals surface area contributed by atoms with Crippen LogP contribution in [0.4, 0.5) is 9.52 Å². The topological polar surface area (TPSA) is 102 Å². The predicted octanol–water partition coefficient (Wildman–Crippen LogP) is 8.66. The van der Waals surface area contributed by atoms with Crippen LogP contribution in [0.2, 0.25) is 0 Å². The lowest BCUT2D eigenvalue weighted by Gasteiger charge is -2.22. The monoisotopic (exact) mass is 695 g/mol. The summed E-state index contributed by atoms with van der Waals surface area (Å²) in [6, 6.07) is 27.1. The minimum absolute atomic E-state index is 0.0612. The van der Waals surface area contributed by atoms with E-state index in [2.05, 4.69) is 17.1 Å². The molecule has 6 rings (SSSR count). The van der Waals surface area contributed by atoms with Gasteiger partial charge in [0.2, 0.25) is 5.13 Å². The number of ether oxygens (including phenoxy) is 2. The maximum atomic E-state index is 13.7. The molecule has 0 saturated carbocycles. The highest BCUT2D eigenvalue weighted by Crippen LogP contribution is 2.44. The zero-order chi connectivity index (χ0) is 34.3. The molecule has 0 spiro atoms. The second-order valence-electron chi connectivity index (χ2n) is 11.4. The third-order valence-electron chi connectivity index (χ3n) is 8.07. The van der Waals surface area contributed by atoms with Crippen molar-refractivity contribution in [3.63, 3.8) is 0 Å². The lowest BCUT2D eigenvalue weighted by atomic mass is 9.95. The van der Waals surface area contributed by atoms with Gasteiger partial charge in [-0.1, -0.05) is 85.0 Å². The maximum absolute atomic E-state index is 13.7. The van der Waals surface area contributed by atoms with Gasteiger partial charge >= 0.3 is 5.91 Å². The Balaban J connectivity index is 1.30. The average Bonchev–Trinajstić information content (AvgIpc) is 3.69. The number of aromatic nitrogens is 2. The van der Waals surface area contributed by atoms with E-state index < -0.39 is 17.7 Å². The molecule has 2 heterocycles. The van der Waals surface area contributed by atoms with Gasteiger partial charge in [-0.2, -0.15) is 0 Å². The van der Waals surface area contributed by atoms with Crippen molar-refractivity contribution in [2.45, 2.75) is 49.4 Å². The average molecular weight is 696 g/mol. The Hall–Kier alpha value is -5.00. The Morgan fingerprint density at radius 1 is 0.918 bits per heavy atom. The first kappa shape index (κ1) is 33.9. The number of anilines is 1. The molecule has 1 aromatic heterocycles. The van der Waals surface area contributed by atoms with Crippen LogP contribution in [0, 0.1) is 12.7 Å². The number of rotatable bonds is 13. The van der Waals surface area contributed by atoms with Gasteiger partial charge in [-0.25, -0.2) is 4.39 Å².